The highest BCUT2D eigenvalue weighted by atomic mass is 16.5. The molecule has 4 heteroatoms. The van der Waals surface area contributed by atoms with E-state index in [1.54, 1.807) is 6.21 Å². The second kappa shape index (κ2) is 3.77. The lowest BCUT2D eigenvalue weighted by Crippen LogP contribution is -2.26. The van der Waals surface area contributed by atoms with Crippen molar-refractivity contribution < 1.29 is 4.74 Å². The average molecular weight is 247 g/mol. The van der Waals surface area contributed by atoms with E-state index < -0.39 is 0 Å². The molecule has 0 unspecified atom stereocenters. The molecule has 1 aromatic rings. The fourth-order valence-electron chi connectivity index (χ4n) is 2.08. The summed E-state index contributed by atoms with van der Waals surface area (Å²) in [6, 6.07) is 0. The summed E-state index contributed by atoms with van der Waals surface area (Å²) in [4.78, 5) is 9.30. The molecular weight excluding hydrogens is 226 g/mol. The summed E-state index contributed by atoms with van der Waals surface area (Å²) in [6.45, 7) is 12.7. The van der Waals surface area contributed by atoms with Gasteiger partial charge in [0.2, 0.25) is 0 Å². The molecule has 0 fully saturated rings. The molecule has 0 aromatic carbocycles. The molecule has 2 rings (SSSR count). The summed E-state index contributed by atoms with van der Waals surface area (Å²) in [5.41, 5.74) is 2.53. The van der Waals surface area contributed by atoms with Crippen molar-refractivity contribution in [1.82, 2.24) is 9.97 Å². The largest absolute Gasteiger partial charge is 0.711 e. The van der Waals surface area contributed by atoms with Crippen molar-refractivity contribution in [1.29, 1.82) is 0 Å². The van der Waals surface area contributed by atoms with Gasteiger partial charge in [-0.15, -0.1) is 0 Å². The Morgan fingerprint density at radius 2 is 1.50 bits per heavy atom. The molecule has 1 aromatic heterocycles. The zero-order valence-corrected chi connectivity index (χ0v) is 12.0. The van der Waals surface area contributed by atoms with Crippen LogP contribution in [0.15, 0.2) is 0 Å². The summed E-state index contributed by atoms with van der Waals surface area (Å²) in [5.74, 6) is 0.466. The fraction of sp³-hybridized carbons (Fsp3) is 0.643. The Hall–Kier alpha value is -1.45. The number of hydrogen-bond donors (Lipinski definition) is 0. The van der Waals surface area contributed by atoms with Crippen LogP contribution in [0.3, 0.4) is 0 Å². The first-order valence-electron chi connectivity index (χ1n) is 6.32. The molecule has 0 atom stereocenters. The van der Waals surface area contributed by atoms with Gasteiger partial charge in [0.1, 0.15) is 5.69 Å². The molecular formula is C14H21N3O. The van der Waals surface area contributed by atoms with E-state index in [-0.39, 0.29) is 10.8 Å². The van der Waals surface area contributed by atoms with Crippen LogP contribution in [0.25, 0.3) is 0 Å². The lowest BCUT2D eigenvalue weighted by molar-refractivity contribution is -0.356. The van der Waals surface area contributed by atoms with E-state index in [0.717, 1.165) is 21.8 Å². The molecule has 0 bridgehead atoms. The fourth-order valence-corrected chi connectivity index (χ4v) is 2.08. The van der Waals surface area contributed by atoms with Crippen molar-refractivity contribution in [2.45, 2.75) is 58.8 Å². The summed E-state index contributed by atoms with van der Waals surface area (Å²) in [5, 5.41) is 11.7. The highest BCUT2D eigenvalue weighted by Crippen LogP contribution is 2.34. The molecule has 98 valence electrons. The summed E-state index contributed by atoms with van der Waals surface area (Å²) >= 11 is 0. The molecule has 1 aliphatic rings. The zero-order chi connectivity index (χ0) is 13.7. The van der Waals surface area contributed by atoms with Crippen LogP contribution in [0.5, 0.6) is 0 Å². The van der Waals surface area contributed by atoms with Gasteiger partial charge in [0.15, 0.2) is 5.69 Å². The first-order chi connectivity index (χ1) is 8.10. The van der Waals surface area contributed by atoms with Crippen LogP contribution in [0.4, 0.5) is 5.82 Å². The molecule has 4 nitrogen and oxygen atoms in total. The van der Waals surface area contributed by atoms with Crippen molar-refractivity contribution in [3.8, 4) is 0 Å². The van der Waals surface area contributed by atoms with E-state index in [2.05, 4.69) is 46.5 Å². The Morgan fingerprint density at radius 1 is 1.00 bits per heavy atom. The number of aromatic nitrogens is 2. The quantitative estimate of drug-likeness (QED) is 0.523. The topological polar surface area (TPSA) is 51.8 Å². The maximum atomic E-state index is 11.7. The Morgan fingerprint density at radius 3 is 2.00 bits per heavy atom. The highest BCUT2D eigenvalue weighted by Gasteiger charge is 2.35. The molecule has 0 saturated carbocycles. The third-order valence-electron chi connectivity index (χ3n) is 3.03. The third kappa shape index (κ3) is 2.11. The van der Waals surface area contributed by atoms with Crippen LogP contribution < -0.4 is 0 Å². The first-order valence-corrected chi connectivity index (χ1v) is 6.32. The predicted octanol–water partition coefficient (Wildman–Crippen LogP) is 2.84. The molecule has 0 N–H and O–H groups in total. The number of hydrogen-bond acceptors (Lipinski definition) is 3. The third-order valence-corrected chi connectivity index (χ3v) is 3.03. The summed E-state index contributed by atoms with van der Waals surface area (Å²) in [6.07, 6.45) is 2.17. The van der Waals surface area contributed by atoms with Crippen LogP contribution in [0.1, 0.15) is 58.6 Å². The van der Waals surface area contributed by atoms with Crippen LogP contribution >= 0.6 is 0 Å². The second-order valence-electron chi connectivity index (χ2n) is 6.90. The van der Waals surface area contributed by atoms with Gasteiger partial charge in [-0.1, -0.05) is 41.5 Å². The highest BCUT2D eigenvalue weighted by molar-refractivity contribution is 5.64. The van der Waals surface area contributed by atoms with Crippen molar-refractivity contribution in [2.75, 3.05) is 0 Å². The zero-order valence-electron chi connectivity index (χ0n) is 12.0. The molecule has 18 heavy (non-hydrogen) atoms. The van der Waals surface area contributed by atoms with Crippen molar-refractivity contribution in [3.63, 3.8) is 0 Å². The Balaban J connectivity index is 2.69. The number of fused-ring (bicyclic) bond motifs is 1. The van der Waals surface area contributed by atoms with E-state index in [4.69, 9.17) is 4.98 Å². The lowest BCUT2D eigenvalue weighted by Gasteiger charge is -2.24. The second-order valence-corrected chi connectivity index (χ2v) is 6.90. The standard InChI is InChI=1S/C14H21N3O/c1-13(2,3)10-11(14(4,5)6)16-12-9(15-10)7-8-17(12)18/h8H,7H2,1-6H3. The molecule has 0 spiro atoms. The minimum atomic E-state index is -0.117. The van der Waals surface area contributed by atoms with E-state index in [1.807, 2.05) is 0 Å². The summed E-state index contributed by atoms with van der Waals surface area (Å²) < 4.78 is 0.837. The van der Waals surface area contributed by atoms with E-state index in [9.17, 15) is 5.21 Å². The van der Waals surface area contributed by atoms with Crippen LogP contribution in [0.2, 0.25) is 0 Å². The van der Waals surface area contributed by atoms with Gasteiger partial charge in [-0.05, 0) is 4.98 Å². The van der Waals surface area contributed by atoms with Crippen LogP contribution in [-0.2, 0) is 17.3 Å². The molecule has 2 heterocycles. The SMILES string of the molecule is CC(C)(C)c1nc2c(nc1C(C)(C)C)[N+]([O-])=CC2. The molecule has 1 aliphatic heterocycles. The van der Waals surface area contributed by atoms with Crippen molar-refractivity contribution in [3.05, 3.63) is 22.3 Å². The normalized spacial score (nSPS) is 15.6. The Labute approximate surface area is 108 Å². The first kappa shape index (κ1) is 13.0. The molecule has 0 radical (unpaired) electrons. The number of rotatable bonds is 0. The Bertz CT molecular complexity index is 519. The van der Waals surface area contributed by atoms with Gasteiger partial charge in [-0.3, -0.25) is 0 Å². The van der Waals surface area contributed by atoms with E-state index in [0.29, 0.717) is 12.2 Å². The predicted molar refractivity (Wildman–Crippen MR) is 72.5 cm³/mol. The average Bonchev–Trinajstić information content (AvgIpc) is 2.56. The van der Waals surface area contributed by atoms with Crippen LogP contribution in [0, 0.1) is 5.21 Å². The molecule has 0 aliphatic carbocycles. The Kier molecular flexibility index (Phi) is 2.72. The van der Waals surface area contributed by atoms with E-state index in [1.165, 1.54) is 0 Å². The minimum Gasteiger partial charge on any atom is -0.711 e. The number of nitrogens with zero attached hydrogens (tertiary/aromatic N) is 3. The van der Waals surface area contributed by atoms with Gasteiger partial charge >= 0.3 is 5.82 Å². The maximum absolute atomic E-state index is 11.7. The van der Waals surface area contributed by atoms with Gasteiger partial charge in [-0.25, -0.2) is 9.72 Å². The summed E-state index contributed by atoms with van der Waals surface area (Å²) in [7, 11) is 0. The maximum Gasteiger partial charge on any atom is 0.348 e. The lowest BCUT2D eigenvalue weighted by atomic mass is 9.81. The minimum absolute atomic E-state index is 0.0685. The van der Waals surface area contributed by atoms with Gasteiger partial charge < -0.3 is 5.21 Å². The smallest absolute Gasteiger partial charge is 0.348 e. The van der Waals surface area contributed by atoms with Crippen molar-refractivity contribution >= 4 is 12.0 Å². The monoisotopic (exact) mass is 247 g/mol. The van der Waals surface area contributed by atoms with Gasteiger partial charge in [0, 0.05) is 10.8 Å². The van der Waals surface area contributed by atoms with Gasteiger partial charge in [0.25, 0.3) is 0 Å². The molecule has 0 amide bonds. The molecule has 0 saturated heterocycles. The van der Waals surface area contributed by atoms with Gasteiger partial charge in [-0.2, -0.15) is 0 Å². The van der Waals surface area contributed by atoms with Crippen molar-refractivity contribution in [2.24, 2.45) is 0 Å². The van der Waals surface area contributed by atoms with Gasteiger partial charge in [0.05, 0.1) is 18.3 Å². The van der Waals surface area contributed by atoms with Crippen LogP contribution in [-0.4, -0.2) is 20.9 Å². The van der Waals surface area contributed by atoms with E-state index >= 15 is 0 Å².